The van der Waals surface area contributed by atoms with E-state index in [0.717, 1.165) is 11.1 Å². The number of ether oxygens (including phenoxy) is 1. The van der Waals surface area contributed by atoms with Crippen molar-refractivity contribution in [2.45, 2.75) is 25.0 Å². The number of hydrogen-bond donors (Lipinski definition) is 1. The minimum atomic E-state index is -4.76. The van der Waals surface area contributed by atoms with Crippen molar-refractivity contribution in [3.05, 3.63) is 84.0 Å². The van der Waals surface area contributed by atoms with Crippen molar-refractivity contribution in [2.75, 3.05) is 6.61 Å². The molecule has 1 aromatic carbocycles. The Labute approximate surface area is 188 Å². The topological polar surface area (TPSA) is 75.8 Å². The normalized spacial score (nSPS) is 17.1. The maximum absolute atomic E-state index is 12.6. The first-order valence-corrected chi connectivity index (χ1v) is 10.2. The number of aliphatic hydroxyl groups excluding tert-OH is 1. The maximum atomic E-state index is 12.6. The average molecular weight is 457 g/mol. The van der Waals surface area contributed by atoms with Crippen LogP contribution in [0.2, 0.25) is 0 Å². The van der Waals surface area contributed by atoms with Gasteiger partial charge in [-0.05, 0) is 54.0 Å². The first-order chi connectivity index (χ1) is 15.8. The molecule has 0 saturated carbocycles. The van der Waals surface area contributed by atoms with Gasteiger partial charge in [0.2, 0.25) is 0 Å². The Morgan fingerprint density at radius 2 is 1.94 bits per heavy atom. The molecule has 2 aromatic heterocycles. The molecule has 7 nitrogen and oxygen atoms in total. The Balaban J connectivity index is 1.70. The van der Waals surface area contributed by atoms with Crippen LogP contribution in [0.5, 0.6) is 5.75 Å². The van der Waals surface area contributed by atoms with Crippen molar-refractivity contribution < 1.29 is 23.0 Å². The first kappa shape index (κ1) is 22.5. The second-order valence-corrected chi connectivity index (χ2v) is 7.55. The van der Waals surface area contributed by atoms with Crippen molar-refractivity contribution in [2.24, 2.45) is 12.0 Å². The zero-order chi connectivity index (χ0) is 23.4. The summed E-state index contributed by atoms with van der Waals surface area (Å²) in [5.41, 5.74) is 3.12. The van der Waals surface area contributed by atoms with Crippen LogP contribution in [0, 0.1) is 0 Å². The van der Waals surface area contributed by atoms with E-state index in [-0.39, 0.29) is 18.4 Å². The standard InChI is InChI=1S/C23H22F3N5O2/c1-30-14-18(13-29-30)22-28-10-8-21(17-4-6-20(7-5-17)33-23(24,25)26)31(22)19(15-32)11-16-3-2-9-27-12-16/h2-10,12-14,19,22,32H,11,15H2,1H3. The number of aromatic nitrogens is 3. The fourth-order valence-electron chi connectivity index (χ4n) is 3.82. The Morgan fingerprint density at radius 3 is 2.55 bits per heavy atom. The molecular formula is C23H22F3N5O2. The predicted molar refractivity (Wildman–Crippen MR) is 116 cm³/mol. The lowest BCUT2D eigenvalue weighted by atomic mass is 10.00. The minimum absolute atomic E-state index is 0.173. The van der Waals surface area contributed by atoms with E-state index in [1.54, 1.807) is 54.7 Å². The SMILES string of the molecule is Cn1cc(C2N=CC=C(c3ccc(OC(F)(F)F)cc3)N2C(CO)Cc2cccnc2)cn1. The lowest BCUT2D eigenvalue weighted by Gasteiger charge is -2.40. The fraction of sp³-hybridized carbons (Fsp3) is 0.261. The van der Waals surface area contributed by atoms with Gasteiger partial charge in [0.1, 0.15) is 5.75 Å². The predicted octanol–water partition coefficient (Wildman–Crippen LogP) is 3.74. The van der Waals surface area contributed by atoms with Crippen LogP contribution in [0.4, 0.5) is 13.2 Å². The van der Waals surface area contributed by atoms with Crippen LogP contribution in [-0.2, 0) is 13.5 Å². The van der Waals surface area contributed by atoms with Crippen molar-refractivity contribution in [3.8, 4) is 5.75 Å². The number of allylic oxidation sites excluding steroid dienone is 1. The number of alkyl halides is 3. The number of aryl methyl sites for hydroxylation is 1. The molecule has 0 aliphatic carbocycles. The van der Waals surface area contributed by atoms with E-state index in [1.807, 2.05) is 23.2 Å². The highest BCUT2D eigenvalue weighted by molar-refractivity contribution is 5.86. The van der Waals surface area contributed by atoms with Crippen LogP contribution < -0.4 is 4.74 Å². The lowest BCUT2D eigenvalue weighted by molar-refractivity contribution is -0.274. The molecule has 2 unspecified atom stereocenters. The number of benzene rings is 1. The summed E-state index contributed by atoms with van der Waals surface area (Å²) < 4.78 is 43.3. The second-order valence-electron chi connectivity index (χ2n) is 7.55. The fourth-order valence-corrected chi connectivity index (χ4v) is 3.82. The molecule has 10 heteroatoms. The maximum Gasteiger partial charge on any atom is 0.573 e. The monoisotopic (exact) mass is 457 g/mol. The highest BCUT2D eigenvalue weighted by atomic mass is 19.4. The molecule has 0 saturated heterocycles. The molecule has 4 rings (SSSR count). The Kier molecular flexibility index (Phi) is 6.45. The van der Waals surface area contributed by atoms with Gasteiger partial charge in [-0.2, -0.15) is 5.10 Å². The number of halogens is 3. The molecule has 172 valence electrons. The molecule has 3 heterocycles. The van der Waals surface area contributed by atoms with Crippen LogP contribution in [0.1, 0.15) is 22.9 Å². The summed E-state index contributed by atoms with van der Waals surface area (Å²) >= 11 is 0. The molecule has 2 atom stereocenters. The first-order valence-electron chi connectivity index (χ1n) is 10.2. The number of hydrogen-bond acceptors (Lipinski definition) is 6. The van der Waals surface area contributed by atoms with E-state index >= 15 is 0 Å². The quantitative estimate of drug-likeness (QED) is 0.585. The molecule has 33 heavy (non-hydrogen) atoms. The van der Waals surface area contributed by atoms with E-state index < -0.39 is 12.5 Å². The zero-order valence-corrected chi connectivity index (χ0v) is 17.7. The van der Waals surface area contributed by atoms with E-state index in [2.05, 4.69) is 19.8 Å². The Bertz CT molecular complexity index is 1130. The van der Waals surface area contributed by atoms with Crippen molar-refractivity contribution in [1.82, 2.24) is 19.7 Å². The van der Waals surface area contributed by atoms with Gasteiger partial charge in [0.15, 0.2) is 6.17 Å². The largest absolute Gasteiger partial charge is 0.573 e. The number of rotatable bonds is 7. The lowest BCUT2D eigenvalue weighted by Crippen LogP contribution is -2.41. The van der Waals surface area contributed by atoms with E-state index in [1.165, 1.54) is 12.1 Å². The van der Waals surface area contributed by atoms with Gasteiger partial charge in [-0.25, -0.2) is 0 Å². The summed E-state index contributed by atoms with van der Waals surface area (Å²) in [6, 6.07) is 9.01. The number of nitrogens with zero attached hydrogens (tertiary/aromatic N) is 5. The summed E-state index contributed by atoms with van der Waals surface area (Å²) in [4.78, 5) is 10.7. The highest BCUT2D eigenvalue weighted by Crippen LogP contribution is 2.37. The molecule has 0 amide bonds. The summed E-state index contributed by atoms with van der Waals surface area (Å²) in [7, 11) is 1.80. The van der Waals surface area contributed by atoms with Gasteiger partial charge in [-0.1, -0.05) is 6.07 Å². The summed E-state index contributed by atoms with van der Waals surface area (Å²) in [5.74, 6) is -0.305. The van der Waals surface area contributed by atoms with Crippen LogP contribution in [0.15, 0.2) is 72.3 Å². The molecule has 3 aromatic rings. The summed E-state index contributed by atoms with van der Waals surface area (Å²) in [6.45, 7) is -0.173. The van der Waals surface area contributed by atoms with Crippen molar-refractivity contribution in [1.29, 1.82) is 0 Å². The van der Waals surface area contributed by atoms with Crippen LogP contribution in [-0.4, -0.2) is 50.0 Å². The molecule has 0 spiro atoms. The third kappa shape index (κ3) is 5.40. The van der Waals surface area contributed by atoms with Gasteiger partial charge in [0.25, 0.3) is 0 Å². The van der Waals surface area contributed by atoms with E-state index in [9.17, 15) is 18.3 Å². The molecular weight excluding hydrogens is 435 g/mol. The Hall–Kier alpha value is -3.66. The van der Waals surface area contributed by atoms with Crippen LogP contribution in [0.3, 0.4) is 0 Å². The van der Waals surface area contributed by atoms with E-state index in [0.29, 0.717) is 17.7 Å². The van der Waals surface area contributed by atoms with Gasteiger partial charge in [0.05, 0.1) is 18.8 Å². The third-order valence-electron chi connectivity index (χ3n) is 5.21. The number of pyridine rings is 1. The smallest absolute Gasteiger partial charge is 0.406 e. The molecule has 0 fully saturated rings. The van der Waals surface area contributed by atoms with Gasteiger partial charge in [0, 0.05) is 43.1 Å². The van der Waals surface area contributed by atoms with Gasteiger partial charge < -0.3 is 14.7 Å². The summed E-state index contributed by atoms with van der Waals surface area (Å²) in [6.07, 6.45) is 5.65. The summed E-state index contributed by atoms with van der Waals surface area (Å²) in [5, 5.41) is 14.6. The number of aliphatic hydroxyl groups is 1. The van der Waals surface area contributed by atoms with Gasteiger partial charge in [-0.15, -0.1) is 13.2 Å². The van der Waals surface area contributed by atoms with Crippen LogP contribution >= 0.6 is 0 Å². The second kappa shape index (κ2) is 9.45. The van der Waals surface area contributed by atoms with E-state index in [4.69, 9.17) is 0 Å². The third-order valence-corrected chi connectivity index (χ3v) is 5.21. The molecule has 1 N–H and O–H groups in total. The van der Waals surface area contributed by atoms with Gasteiger partial charge in [-0.3, -0.25) is 14.7 Å². The molecule has 0 radical (unpaired) electrons. The van der Waals surface area contributed by atoms with Gasteiger partial charge >= 0.3 is 6.36 Å². The molecule has 0 bridgehead atoms. The minimum Gasteiger partial charge on any atom is -0.406 e. The number of aliphatic imine (C=N–C) groups is 1. The molecule has 1 aliphatic heterocycles. The zero-order valence-electron chi connectivity index (χ0n) is 17.7. The molecule has 1 aliphatic rings. The average Bonchev–Trinajstić information content (AvgIpc) is 3.23. The van der Waals surface area contributed by atoms with Crippen molar-refractivity contribution in [3.63, 3.8) is 0 Å². The highest BCUT2D eigenvalue weighted by Gasteiger charge is 2.33. The Morgan fingerprint density at radius 1 is 1.15 bits per heavy atom. The van der Waals surface area contributed by atoms with Crippen molar-refractivity contribution >= 4 is 11.9 Å². The van der Waals surface area contributed by atoms with Crippen LogP contribution in [0.25, 0.3) is 5.70 Å².